The largest absolute Gasteiger partial charge is 0.481 e. The average Bonchev–Trinajstić information content (AvgIpc) is 2.96. The van der Waals surface area contributed by atoms with Gasteiger partial charge in [0.05, 0.1) is 11.8 Å². The van der Waals surface area contributed by atoms with E-state index in [4.69, 9.17) is 5.11 Å². The summed E-state index contributed by atoms with van der Waals surface area (Å²) < 4.78 is 26.0. The molecule has 0 radical (unpaired) electrons. The van der Waals surface area contributed by atoms with Crippen LogP contribution in [-0.2, 0) is 16.1 Å². The van der Waals surface area contributed by atoms with Crippen molar-refractivity contribution in [2.75, 3.05) is 7.05 Å². The number of nitrogens with zero attached hydrogens (tertiary/aromatic N) is 1. The monoisotopic (exact) mass is 297 g/mol. The van der Waals surface area contributed by atoms with Crippen molar-refractivity contribution in [3.05, 3.63) is 35.4 Å². The second-order valence-electron chi connectivity index (χ2n) is 6.06. The molecule has 0 saturated heterocycles. The van der Waals surface area contributed by atoms with Gasteiger partial charge in [0.25, 0.3) is 0 Å². The zero-order valence-corrected chi connectivity index (χ0v) is 12.1. The molecule has 1 N–H and O–H groups in total. The first-order valence-electron chi connectivity index (χ1n) is 6.58. The van der Waals surface area contributed by atoms with Crippen molar-refractivity contribution in [2.24, 2.45) is 17.3 Å². The molecule has 0 bridgehead atoms. The molecule has 1 aliphatic rings. The van der Waals surface area contributed by atoms with Crippen molar-refractivity contribution < 1.29 is 23.5 Å². The van der Waals surface area contributed by atoms with Crippen molar-refractivity contribution in [3.63, 3.8) is 0 Å². The highest BCUT2D eigenvalue weighted by molar-refractivity contribution is 5.91. The number of halogens is 2. The number of carboxylic acid groups (broad SMARTS) is 1. The van der Waals surface area contributed by atoms with Crippen LogP contribution < -0.4 is 0 Å². The van der Waals surface area contributed by atoms with Gasteiger partial charge in [-0.05, 0) is 23.1 Å². The third-order valence-electron chi connectivity index (χ3n) is 4.14. The first-order valence-corrected chi connectivity index (χ1v) is 6.58. The highest BCUT2D eigenvalue weighted by Crippen LogP contribution is 2.58. The first kappa shape index (κ1) is 15.4. The van der Waals surface area contributed by atoms with E-state index in [9.17, 15) is 18.4 Å². The molecule has 1 aromatic carbocycles. The maximum atomic E-state index is 13.1. The van der Waals surface area contributed by atoms with Crippen LogP contribution in [0.25, 0.3) is 0 Å². The van der Waals surface area contributed by atoms with Crippen LogP contribution in [0.5, 0.6) is 0 Å². The molecule has 0 heterocycles. The number of benzene rings is 1. The van der Waals surface area contributed by atoms with E-state index >= 15 is 0 Å². The minimum absolute atomic E-state index is 0.106. The summed E-state index contributed by atoms with van der Waals surface area (Å²) in [4.78, 5) is 24.7. The van der Waals surface area contributed by atoms with Gasteiger partial charge < -0.3 is 10.0 Å². The van der Waals surface area contributed by atoms with Gasteiger partial charge in [0, 0.05) is 13.6 Å². The van der Waals surface area contributed by atoms with E-state index in [1.165, 1.54) is 18.0 Å². The quantitative estimate of drug-likeness (QED) is 0.927. The number of carboxylic acids is 1. The Labute approximate surface area is 121 Å². The van der Waals surface area contributed by atoms with E-state index in [1.54, 1.807) is 13.8 Å². The fourth-order valence-electron chi connectivity index (χ4n) is 2.79. The fourth-order valence-corrected chi connectivity index (χ4v) is 2.79. The van der Waals surface area contributed by atoms with Crippen LogP contribution in [0.2, 0.25) is 0 Å². The SMILES string of the molecule is CN(Cc1ccc(F)c(F)c1)C(=O)[C@H]1[C@@H](C(=O)O)C1(C)C. The third-order valence-corrected chi connectivity index (χ3v) is 4.14. The summed E-state index contributed by atoms with van der Waals surface area (Å²) in [5.41, 5.74) is -0.124. The number of amides is 1. The molecular formula is C15H17F2NO3. The number of carbonyl (C=O) groups is 2. The summed E-state index contributed by atoms with van der Waals surface area (Å²) in [6, 6.07) is 3.44. The highest BCUT2D eigenvalue weighted by Gasteiger charge is 2.66. The topological polar surface area (TPSA) is 57.6 Å². The predicted octanol–water partition coefficient (Wildman–Crippen LogP) is 2.28. The van der Waals surface area contributed by atoms with E-state index in [2.05, 4.69) is 0 Å². The lowest BCUT2D eigenvalue weighted by Gasteiger charge is -2.18. The van der Waals surface area contributed by atoms with Gasteiger partial charge >= 0.3 is 5.97 Å². The van der Waals surface area contributed by atoms with Crippen LogP contribution in [0.3, 0.4) is 0 Å². The van der Waals surface area contributed by atoms with Gasteiger partial charge in [-0.3, -0.25) is 9.59 Å². The Kier molecular flexibility index (Phi) is 3.74. The van der Waals surface area contributed by atoms with Crippen molar-refractivity contribution >= 4 is 11.9 Å². The van der Waals surface area contributed by atoms with Gasteiger partial charge in [-0.15, -0.1) is 0 Å². The minimum Gasteiger partial charge on any atom is -0.481 e. The van der Waals surface area contributed by atoms with E-state index in [0.29, 0.717) is 5.56 Å². The Bertz CT molecular complexity index is 601. The van der Waals surface area contributed by atoms with Gasteiger partial charge in [0.2, 0.25) is 5.91 Å². The summed E-state index contributed by atoms with van der Waals surface area (Å²) in [5, 5.41) is 9.08. The fraction of sp³-hybridized carbons (Fsp3) is 0.467. The van der Waals surface area contributed by atoms with Gasteiger partial charge in [-0.25, -0.2) is 8.78 Å². The molecule has 0 aromatic heterocycles. The van der Waals surface area contributed by atoms with E-state index in [-0.39, 0.29) is 12.5 Å². The standard InChI is InChI=1S/C15H17F2NO3/c1-15(2)11(12(15)14(20)21)13(19)18(3)7-8-4-5-9(16)10(17)6-8/h4-6,11-12H,7H2,1-3H3,(H,20,21)/t11-,12+/m1/s1. The van der Waals surface area contributed by atoms with Crippen molar-refractivity contribution in [3.8, 4) is 0 Å². The average molecular weight is 297 g/mol. The van der Waals surface area contributed by atoms with Crippen molar-refractivity contribution in [1.82, 2.24) is 4.90 Å². The molecule has 1 saturated carbocycles. The van der Waals surface area contributed by atoms with Crippen LogP contribution in [0.1, 0.15) is 19.4 Å². The molecule has 6 heteroatoms. The number of hydrogen-bond acceptors (Lipinski definition) is 2. The second-order valence-corrected chi connectivity index (χ2v) is 6.06. The summed E-state index contributed by atoms with van der Waals surface area (Å²) in [5.74, 6) is -4.47. The van der Waals surface area contributed by atoms with Crippen LogP contribution >= 0.6 is 0 Å². The molecule has 114 valence electrons. The lowest BCUT2D eigenvalue weighted by Crippen LogP contribution is -2.29. The number of hydrogen-bond donors (Lipinski definition) is 1. The molecule has 1 amide bonds. The number of aliphatic carboxylic acids is 1. The molecule has 2 rings (SSSR count). The molecule has 4 nitrogen and oxygen atoms in total. The highest BCUT2D eigenvalue weighted by atomic mass is 19.2. The molecule has 21 heavy (non-hydrogen) atoms. The number of rotatable bonds is 4. The molecule has 0 unspecified atom stereocenters. The smallest absolute Gasteiger partial charge is 0.307 e. The molecule has 2 atom stereocenters. The summed E-state index contributed by atoms with van der Waals surface area (Å²) >= 11 is 0. The molecule has 1 aromatic rings. The predicted molar refractivity (Wildman–Crippen MR) is 71.2 cm³/mol. The third kappa shape index (κ3) is 2.75. The summed E-state index contributed by atoms with van der Waals surface area (Å²) in [6.45, 7) is 3.58. The van der Waals surface area contributed by atoms with Gasteiger partial charge in [0.15, 0.2) is 11.6 Å². The zero-order chi connectivity index (χ0) is 15.9. The van der Waals surface area contributed by atoms with Crippen molar-refractivity contribution in [1.29, 1.82) is 0 Å². The van der Waals surface area contributed by atoms with E-state index in [0.717, 1.165) is 12.1 Å². The van der Waals surface area contributed by atoms with E-state index in [1.807, 2.05) is 0 Å². The van der Waals surface area contributed by atoms with Gasteiger partial charge in [-0.2, -0.15) is 0 Å². The Morgan fingerprint density at radius 3 is 2.33 bits per heavy atom. The molecular weight excluding hydrogens is 280 g/mol. The zero-order valence-electron chi connectivity index (χ0n) is 12.1. The normalized spacial score (nSPS) is 22.7. The van der Waals surface area contributed by atoms with Gasteiger partial charge in [-0.1, -0.05) is 19.9 Å². The van der Waals surface area contributed by atoms with Crippen LogP contribution in [0.4, 0.5) is 8.78 Å². The maximum absolute atomic E-state index is 13.1. The second kappa shape index (κ2) is 5.09. The molecule has 0 spiro atoms. The van der Waals surface area contributed by atoms with Crippen LogP contribution in [0, 0.1) is 28.9 Å². The Morgan fingerprint density at radius 1 is 1.24 bits per heavy atom. The Hall–Kier alpha value is -1.98. The molecule has 1 fully saturated rings. The van der Waals surface area contributed by atoms with Crippen LogP contribution in [-0.4, -0.2) is 28.9 Å². The lowest BCUT2D eigenvalue weighted by molar-refractivity contribution is -0.141. The first-order chi connectivity index (χ1) is 9.66. The summed E-state index contributed by atoms with van der Waals surface area (Å²) in [7, 11) is 1.52. The maximum Gasteiger partial charge on any atom is 0.307 e. The van der Waals surface area contributed by atoms with Gasteiger partial charge in [0.1, 0.15) is 0 Å². The number of carbonyl (C=O) groups excluding carboxylic acids is 1. The Morgan fingerprint density at radius 2 is 1.86 bits per heavy atom. The lowest BCUT2D eigenvalue weighted by atomic mass is 10.1. The van der Waals surface area contributed by atoms with Crippen LogP contribution in [0.15, 0.2) is 18.2 Å². The summed E-state index contributed by atoms with van der Waals surface area (Å²) in [6.07, 6.45) is 0. The Balaban J connectivity index is 2.07. The molecule has 0 aliphatic heterocycles. The minimum atomic E-state index is -0.987. The molecule has 1 aliphatic carbocycles. The van der Waals surface area contributed by atoms with E-state index < -0.39 is 34.9 Å². The van der Waals surface area contributed by atoms with Crippen molar-refractivity contribution in [2.45, 2.75) is 20.4 Å².